The Morgan fingerprint density at radius 2 is 2.18 bits per heavy atom. The van der Waals surface area contributed by atoms with Crippen molar-refractivity contribution in [1.29, 1.82) is 0 Å². The van der Waals surface area contributed by atoms with Gasteiger partial charge in [0.05, 0.1) is 17.2 Å². The molecule has 1 heterocycles. The largest absolute Gasteiger partial charge is 0.491 e. The highest BCUT2D eigenvalue weighted by Gasteiger charge is 2.16. The minimum Gasteiger partial charge on any atom is -0.491 e. The molecule has 0 aliphatic carbocycles. The molecule has 1 saturated heterocycles. The fourth-order valence-electron chi connectivity index (χ4n) is 1.88. The zero-order valence-electron chi connectivity index (χ0n) is 9.52. The lowest BCUT2D eigenvalue weighted by atomic mass is 10.0. The summed E-state index contributed by atoms with van der Waals surface area (Å²) < 4.78 is 11.0. The fraction of sp³-hybridized carbons (Fsp3) is 0.462. The molecule has 0 amide bonds. The molecule has 1 aliphatic rings. The number of benzene rings is 1. The van der Waals surface area contributed by atoms with E-state index in [-0.39, 0.29) is 0 Å². The Labute approximate surface area is 106 Å². The SMILES string of the molecule is O=Cc1cccc(Cl)c1OCC1CCOCC1. The second kappa shape index (κ2) is 6.03. The number of carbonyl (C=O) groups excluding carboxylic acids is 1. The van der Waals surface area contributed by atoms with Crippen molar-refractivity contribution in [1.82, 2.24) is 0 Å². The number of ether oxygens (including phenoxy) is 2. The number of hydrogen-bond donors (Lipinski definition) is 0. The molecule has 1 aromatic rings. The van der Waals surface area contributed by atoms with Crippen LogP contribution in [-0.2, 0) is 4.74 Å². The zero-order valence-corrected chi connectivity index (χ0v) is 10.3. The summed E-state index contributed by atoms with van der Waals surface area (Å²) >= 11 is 6.02. The van der Waals surface area contributed by atoms with E-state index in [0.29, 0.717) is 28.9 Å². The average Bonchev–Trinajstić information content (AvgIpc) is 2.38. The fourth-order valence-corrected chi connectivity index (χ4v) is 2.12. The van der Waals surface area contributed by atoms with Crippen molar-refractivity contribution in [2.24, 2.45) is 5.92 Å². The highest BCUT2D eigenvalue weighted by atomic mass is 35.5. The van der Waals surface area contributed by atoms with E-state index in [1.54, 1.807) is 18.2 Å². The zero-order chi connectivity index (χ0) is 12.1. The lowest BCUT2D eigenvalue weighted by Gasteiger charge is -2.22. The van der Waals surface area contributed by atoms with Gasteiger partial charge in [0, 0.05) is 13.2 Å². The standard InChI is InChI=1S/C13H15ClO3/c14-12-3-1-2-11(8-15)13(12)17-9-10-4-6-16-7-5-10/h1-3,8,10H,4-7,9H2. The highest BCUT2D eigenvalue weighted by Crippen LogP contribution is 2.28. The number of halogens is 1. The molecular weight excluding hydrogens is 240 g/mol. The molecule has 0 atom stereocenters. The first-order valence-corrected chi connectivity index (χ1v) is 6.13. The maximum absolute atomic E-state index is 10.9. The molecule has 0 saturated carbocycles. The predicted molar refractivity (Wildman–Crippen MR) is 65.9 cm³/mol. The van der Waals surface area contributed by atoms with Crippen LogP contribution in [0, 0.1) is 5.92 Å². The van der Waals surface area contributed by atoms with Crippen molar-refractivity contribution in [2.75, 3.05) is 19.8 Å². The van der Waals surface area contributed by atoms with Crippen LogP contribution in [0.25, 0.3) is 0 Å². The molecule has 0 radical (unpaired) electrons. The van der Waals surface area contributed by atoms with Crippen molar-refractivity contribution >= 4 is 17.9 Å². The molecule has 1 fully saturated rings. The molecule has 0 unspecified atom stereocenters. The predicted octanol–water partition coefficient (Wildman–Crippen LogP) is 2.96. The summed E-state index contributed by atoms with van der Waals surface area (Å²) in [5, 5.41) is 0.488. The van der Waals surface area contributed by atoms with E-state index in [1.807, 2.05) is 0 Å². The molecular formula is C13H15ClO3. The van der Waals surface area contributed by atoms with Crippen LogP contribution < -0.4 is 4.74 Å². The molecule has 0 bridgehead atoms. The summed E-state index contributed by atoms with van der Waals surface area (Å²) in [6.45, 7) is 2.17. The van der Waals surface area contributed by atoms with Gasteiger partial charge in [-0.15, -0.1) is 0 Å². The van der Waals surface area contributed by atoms with Gasteiger partial charge in [-0.3, -0.25) is 4.79 Å². The van der Waals surface area contributed by atoms with Gasteiger partial charge in [0.2, 0.25) is 0 Å². The number of aldehydes is 1. The number of carbonyl (C=O) groups is 1. The first-order chi connectivity index (χ1) is 8.31. The first kappa shape index (κ1) is 12.4. The van der Waals surface area contributed by atoms with Gasteiger partial charge in [0.25, 0.3) is 0 Å². The normalized spacial score (nSPS) is 16.8. The molecule has 2 rings (SSSR count). The Morgan fingerprint density at radius 3 is 2.88 bits per heavy atom. The van der Waals surface area contributed by atoms with Crippen LogP contribution in [0.15, 0.2) is 18.2 Å². The van der Waals surface area contributed by atoms with Crippen LogP contribution in [0.2, 0.25) is 5.02 Å². The van der Waals surface area contributed by atoms with Crippen molar-refractivity contribution in [3.8, 4) is 5.75 Å². The lowest BCUT2D eigenvalue weighted by molar-refractivity contribution is 0.0496. The van der Waals surface area contributed by atoms with Crippen molar-refractivity contribution in [3.63, 3.8) is 0 Å². The molecule has 1 aliphatic heterocycles. The Hall–Kier alpha value is -1.06. The number of para-hydroxylation sites is 1. The van der Waals surface area contributed by atoms with E-state index >= 15 is 0 Å². The molecule has 0 spiro atoms. The van der Waals surface area contributed by atoms with Crippen LogP contribution in [-0.4, -0.2) is 26.1 Å². The third kappa shape index (κ3) is 3.20. The Bertz CT molecular complexity index is 386. The smallest absolute Gasteiger partial charge is 0.153 e. The Kier molecular flexibility index (Phi) is 4.40. The van der Waals surface area contributed by atoms with Crippen molar-refractivity contribution < 1.29 is 14.3 Å². The molecule has 17 heavy (non-hydrogen) atoms. The van der Waals surface area contributed by atoms with E-state index in [4.69, 9.17) is 21.1 Å². The average molecular weight is 255 g/mol. The summed E-state index contributed by atoms with van der Waals surface area (Å²) in [5.74, 6) is 0.982. The van der Waals surface area contributed by atoms with E-state index in [0.717, 1.165) is 32.3 Å². The van der Waals surface area contributed by atoms with Gasteiger partial charge in [-0.1, -0.05) is 17.7 Å². The van der Waals surface area contributed by atoms with Crippen molar-refractivity contribution in [3.05, 3.63) is 28.8 Å². The molecule has 4 heteroatoms. The third-order valence-corrected chi connectivity index (χ3v) is 3.23. The molecule has 0 aromatic heterocycles. The summed E-state index contributed by atoms with van der Waals surface area (Å²) in [4.78, 5) is 10.9. The topological polar surface area (TPSA) is 35.5 Å². The maximum Gasteiger partial charge on any atom is 0.153 e. The maximum atomic E-state index is 10.9. The van der Waals surface area contributed by atoms with Crippen LogP contribution >= 0.6 is 11.6 Å². The number of rotatable bonds is 4. The molecule has 1 aromatic carbocycles. The molecule has 92 valence electrons. The van der Waals surface area contributed by atoms with Crippen LogP contribution in [0.1, 0.15) is 23.2 Å². The van der Waals surface area contributed by atoms with E-state index < -0.39 is 0 Å². The van der Waals surface area contributed by atoms with Gasteiger partial charge in [-0.05, 0) is 30.9 Å². The van der Waals surface area contributed by atoms with E-state index in [9.17, 15) is 4.79 Å². The van der Waals surface area contributed by atoms with Gasteiger partial charge in [-0.25, -0.2) is 0 Å². The monoisotopic (exact) mass is 254 g/mol. The van der Waals surface area contributed by atoms with Crippen LogP contribution in [0.4, 0.5) is 0 Å². The van der Waals surface area contributed by atoms with Crippen molar-refractivity contribution in [2.45, 2.75) is 12.8 Å². The second-order valence-corrected chi connectivity index (χ2v) is 4.55. The first-order valence-electron chi connectivity index (χ1n) is 5.75. The van der Waals surface area contributed by atoms with Gasteiger partial charge in [0.15, 0.2) is 6.29 Å². The van der Waals surface area contributed by atoms with Crippen LogP contribution in [0.3, 0.4) is 0 Å². The minimum atomic E-state index is 0.486. The summed E-state index contributed by atoms with van der Waals surface area (Å²) in [5.41, 5.74) is 0.504. The van der Waals surface area contributed by atoms with Gasteiger partial charge in [-0.2, -0.15) is 0 Å². The van der Waals surface area contributed by atoms with E-state index in [1.165, 1.54) is 0 Å². The second-order valence-electron chi connectivity index (χ2n) is 4.14. The Balaban J connectivity index is 2.00. The van der Waals surface area contributed by atoms with E-state index in [2.05, 4.69) is 0 Å². The molecule has 0 N–H and O–H groups in total. The van der Waals surface area contributed by atoms with Gasteiger partial charge < -0.3 is 9.47 Å². The Morgan fingerprint density at radius 1 is 1.41 bits per heavy atom. The summed E-state index contributed by atoms with van der Waals surface area (Å²) in [6, 6.07) is 5.18. The third-order valence-electron chi connectivity index (χ3n) is 2.93. The lowest BCUT2D eigenvalue weighted by Crippen LogP contribution is -2.21. The molecule has 3 nitrogen and oxygen atoms in total. The quantitative estimate of drug-likeness (QED) is 0.775. The van der Waals surface area contributed by atoms with Crippen LogP contribution in [0.5, 0.6) is 5.75 Å². The van der Waals surface area contributed by atoms with Gasteiger partial charge in [0.1, 0.15) is 5.75 Å². The minimum absolute atomic E-state index is 0.486. The van der Waals surface area contributed by atoms with Gasteiger partial charge >= 0.3 is 0 Å². The summed E-state index contributed by atoms with van der Waals surface area (Å²) in [7, 11) is 0. The highest BCUT2D eigenvalue weighted by molar-refractivity contribution is 6.32. The number of hydrogen-bond acceptors (Lipinski definition) is 3. The summed E-state index contributed by atoms with van der Waals surface area (Å²) in [6.07, 6.45) is 2.77.